The minimum absolute atomic E-state index is 0.148. The zero-order valence-corrected chi connectivity index (χ0v) is 44.1. The highest BCUT2D eigenvalue weighted by atomic mass is 16.6. The topological polar surface area (TPSA) is 112 Å². The van der Waals surface area contributed by atoms with Gasteiger partial charge >= 0.3 is 11.9 Å². The number of carbonyl (C=O) groups excluding carboxylic acids is 2. The molecule has 0 unspecified atom stereocenters. The molecule has 2 N–H and O–H groups in total. The molecule has 72 heavy (non-hydrogen) atoms. The van der Waals surface area contributed by atoms with Gasteiger partial charge in [0.2, 0.25) is 0 Å². The first-order chi connectivity index (χ1) is 34.7. The fraction of sp³-hybridized carbons (Fsp3) is 0.594. The maximum absolute atomic E-state index is 13.7. The zero-order valence-electron chi connectivity index (χ0n) is 44.1. The summed E-state index contributed by atoms with van der Waals surface area (Å²) in [6, 6.07) is 20.9. The summed E-state index contributed by atoms with van der Waals surface area (Å²) in [5.41, 5.74) is 8.45. The SMILES string of the molecule is CCC1(OC(=O)COc2ccc(C)cc2Cc2cc(C3(c4cc(C)c(O)c(Cc5cc(C)ccc5OCC(=O)OC5(CC)C6CC7CC(C6)CC5C7)c4)CCCCC3)cc(C)c2O)C2CC3CC(C2)CC1C3. The van der Waals surface area contributed by atoms with E-state index in [9.17, 15) is 19.8 Å². The molecule has 8 nitrogen and oxygen atoms in total. The van der Waals surface area contributed by atoms with Gasteiger partial charge in [0, 0.05) is 18.3 Å². The Kier molecular flexibility index (Phi) is 13.3. The number of rotatable bonds is 16. The summed E-state index contributed by atoms with van der Waals surface area (Å²) < 4.78 is 25.8. The smallest absolute Gasteiger partial charge is 0.344 e. The van der Waals surface area contributed by atoms with Gasteiger partial charge in [-0.05, 0) is 222 Å². The van der Waals surface area contributed by atoms with Gasteiger partial charge in [0.25, 0.3) is 0 Å². The first-order valence-corrected chi connectivity index (χ1v) is 28.2. The number of carbonyl (C=O) groups is 2. The number of hydrogen-bond acceptors (Lipinski definition) is 8. The van der Waals surface area contributed by atoms with E-state index in [1.165, 1.54) is 64.2 Å². The van der Waals surface area contributed by atoms with Crippen LogP contribution in [-0.2, 0) is 37.3 Å². The number of hydrogen-bond donors (Lipinski definition) is 2. The van der Waals surface area contributed by atoms with E-state index in [-0.39, 0.29) is 53.3 Å². The van der Waals surface area contributed by atoms with Gasteiger partial charge in [0.15, 0.2) is 13.2 Å². The van der Waals surface area contributed by atoms with E-state index < -0.39 is 0 Å². The molecule has 0 aromatic heterocycles. The largest absolute Gasteiger partial charge is 0.507 e. The van der Waals surface area contributed by atoms with Crippen molar-refractivity contribution >= 4 is 11.9 Å². The minimum atomic E-state index is -0.374. The summed E-state index contributed by atoms with van der Waals surface area (Å²) in [7, 11) is 0. The average molecular weight is 977 g/mol. The summed E-state index contributed by atoms with van der Waals surface area (Å²) >= 11 is 0. The van der Waals surface area contributed by atoms with Gasteiger partial charge in [0.05, 0.1) is 0 Å². The minimum Gasteiger partial charge on any atom is -0.507 e. The normalized spacial score (nSPS) is 30.6. The summed E-state index contributed by atoms with van der Waals surface area (Å²) in [5.74, 6) is 6.20. The van der Waals surface area contributed by atoms with E-state index >= 15 is 0 Å². The van der Waals surface area contributed by atoms with Crippen molar-refractivity contribution in [2.45, 2.75) is 180 Å². The van der Waals surface area contributed by atoms with E-state index in [1.54, 1.807) is 0 Å². The lowest BCUT2D eigenvalue weighted by Crippen LogP contribution is -2.59. The Labute approximate surface area is 429 Å². The lowest BCUT2D eigenvalue weighted by Gasteiger charge is -2.60. The number of benzene rings is 4. The summed E-state index contributed by atoms with van der Waals surface area (Å²) in [4.78, 5) is 27.5. The predicted octanol–water partition coefficient (Wildman–Crippen LogP) is 13.8. The van der Waals surface area contributed by atoms with Crippen LogP contribution in [0.1, 0.15) is 179 Å². The van der Waals surface area contributed by atoms with Crippen molar-refractivity contribution in [3.63, 3.8) is 0 Å². The second-order valence-corrected chi connectivity index (χ2v) is 24.6. The molecule has 384 valence electrons. The second-order valence-electron chi connectivity index (χ2n) is 24.6. The third-order valence-electron chi connectivity index (χ3n) is 20.2. The van der Waals surface area contributed by atoms with Crippen molar-refractivity contribution in [2.75, 3.05) is 13.2 Å². The first-order valence-electron chi connectivity index (χ1n) is 28.2. The molecule has 9 saturated carbocycles. The highest BCUT2D eigenvalue weighted by Crippen LogP contribution is 2.62. The van der Waals surface area contributed by atoms with Gasteiger partial charge < -0.3 is 29.2 Å². The highest BCUT2D eigenvalue weighted by molar-refractivity contribution is 5.72. The van der Waals surface area contributed by atoms with E-state index in [1.807, 2.05) is 38.1 Å². The zero-order chi connectivity index (χ0) is 50.1. The van der Waals surface area contributed by atoms with Crippen molar-refractivity contribution in [1.29, 1.82) is 0 Å². The van der Waals surface area contributed by atoms with Crippen LogP contribution in [0.25, 0.3) is 0 Å². The van der Waals surface area contributed by atoms with Gasteiger partial charge in [-0.3, -0.25) is 0 Å². The van der Waals surface area contributed by atoms with E-state index in [4.69, 9.17) is 18.9 Å². The van der Waals surface area contributed by atoms with Crippen LogP contribution in [0.4, 0.5) is 0 Å². The molecule has 4 aromatic rings. The Bertz CT molecular complexity index is 2470. The van der Waals surface area contributed by atoms with E-state index in [0.29, 0.717) is 48.0 Å². The van der Waals surface area contributed by atoms with Crippen molar-refractivity contribution < 1.29 is 38.7 Å². The van der Waals surface area contributed by atoms with Crippen LogP contribution in [0.3, 0.4) is 0 Å². The molecule has 9 aliphatic carbocycles. The van der Waals surface area contributed by atoms with Crippen molar-refractivity contribution in [3.05, 3.63) is 116 Å². The van der Waals surface area contributed by atoms with E-state index in [2.05, 4.69) is 64.1 Å². The third-order valence-corrected chi connectivity index (χ3v) is 20.2. The highest BCUT2D eigenvalue weighted by Gasteiger charge is 2.60. The van der Waals surface area contributed by atoms with Crippen molar-refractivity contribution in [1.82, 2.24) is 0 Å². The molecule has 0 amide bonds. The second kappa shape index (κ2) is 19.4. The maximum atomic E-state index is 13.7. The van der Waals surface area contributed by atoms with Crippen LogP contribution in [0.15, 0.2) is 60.7 Å². The Morgan fingerprint density at radius 2 is 0.875 bits per heavy atom. The van der Waals surface area contributed by atoms with Crippen LogP contribution in [0.5, 0.6) is 23.0 Å². The van der Waals surface area contributed by atoms with Gasteiger partial charge in [0.1, 0.15) is 34.2 Å². The molecule has 4 aromatic carbocycles. The van der Waals surface area contributed by atoms with Crippen LogP contribution in [0, 0.1) is 75.0 Å². The summed E-state index contributed by atoms with van der Waals surface area (Å²) in [5, 5.41) is 23.7. The summed E-state index contributed by atoms with van der Waals surface area (Å²) in [6.45, 7) is 12.2. The lowest BCUT2D eigenvalue weighted by molar-refractivity contribution is -0.212. The molecular formula is C64H80O8. The monoisotopic (exact) mass is 977 g/mol. The standard InChI is InChI=1S/C64H80O8/c1-7-63(52-24-42-22-43(26-52)27-53(63)25-42)71-58(65)36-69-56-14-12-38(3)18-46(56)32-48-34-50(20-40(5)60(48)67)62(16-10-9-11-17-62)51-21-41(6)61(68)49(35-51)33-47-19-39(4)13-15-57(47)70-37-59(66)72-64(8-2)54-28-44-23-45(30-54)31-55(64)29-44/h12-15,18-21,34-35,42-45,52-55,67-68H,7-11,16-17,22-33,36-37H2,1-6H3. The Morgan fingerprint density at radius 1 is 0.500 bits per heavy atom. The Morgan fingerprint density at radius 3 is 1.24 bits per heavy atom. The molecule has 13 rings (SSSR count). The molecule has 0 aliphatic heterocycles. The summed E-state index contributed by atoms with van der Waals surface area (Å²) in [6.07, 6.45) is 19.9. The van der Waals surface area contributed by atoms with Crippen LogP contribution < -0.4 is 9.47 Å². The number of aryl methyl sites for hydroxylation is 4. The van der Waals surface area contributed by atoms with Crippen molar-refractivity contribution in [3.8, 4) is 23.0 Å². The van der Waals surface area contributed by atoms with Gasteiger partial charge in [-0.15, -0.1) is 0 Å². The fourth-order valence-corrected chi connectivity index (χ4v) is 17.2. The molecule has 0 heterocycles. The number of aromatic hydroxyl groups is 2. The quantitative estimate of drug-likeness (QED) is 0.107. The fourth-order valence-electron chi connectivity index (χ4n) is 17.2. The first kappa shape index (κ1) is 49.2. The number of phenolic OH excluding ortho intramolecular Hbond substituents is 2. The molecule has 0 spiro atoms. The molecule has 9 aliphatic rings. The molecule has 0 atom stereocenters. The molecule has 8 heteroatoms. The Hall–Kier alpha value is -4.98. The lowest BCUT2D eigenvalue weighted by atomic mass is 9.49. The average Bonchev–Trinajstić information content (AvgIpc) is 3.35. The van der Waals surface area contributed by atoms with E-state index in [0.717, 1.165) is 124 Å². The van der Waals surface area contributed by atoms with Crippen molar-refractivity contribution in [2.24, 2.45) is 47.3 Å². The molecule has 0 radical (unpaired) electrons. The van der Waals surface area contributed by atoms with Crippen LogP contribution in [-0.4, -0.2) is 46.6 Å². The molecule has 8 bridgehead atoms. The van der Waals surface area contributed by atoms with Gasteiger partial charge in [-0.2, -0.15) is 0 Å². The maximum Gasteiger partial charge on any atom is 0.344 e. The molecule has 0 saturated heterocycles. The van der Waals surface area contributed by atoms with Gasteiger partial charge in [-0.25, -0.2) is 9.59 Å². The molecule has 9 fully saturated rings. The molecular weight excluding hydrogens is 897 g/mol. The number of esters is 2. The van der Waals surface area contributed by atoms with Crippen LogP contribution >= 0.6 is 0 Å². The Balaban J connectivity index is 0.832. The third kappa shape index (κ3) is 8.90. The predicted molar refractivity (Wildman–Crippen MR) is 281 cm³/mol. The van der Waals surface area contributed by atoms with Crippen LogP contribution in [0.2, 0.25) is 0 Å². The number of phenols is 2. The number of ether oxygens (including phenoxy) is 4. The van der Waals surface area contributed by atoms with Gasteiger partial charge in [-0.1, -0.05) is 92.8 Å².